The van der Waals surface area contributed by atoms with Gasteiger partial charge >= 0.3 is 0 Å². The van der Waals surface area contributed by atoms with Crippen molar-refractivity contribution in [2.75, 3.05) is 5.75 Å². The average Bonchev–Trinajstić information content (AvgIpc) is 2.82. The van der Waals surface area contributed by atoms with Gasteiger partial charge in [-0.05, 0) is 30.5 Å². The number of sulfone groups is 1. The minimum atomic E-state index is -3.31. The fraction of sp³-hybridized carbons (Fsp3) is 0.353. The summed E-state index contributed by atoms with van der Waals surface area (Å²) in [6, 6.07) is 7.61. The monoisotopic (exact) mass is 393 g/mol. The number of nitrogens with one attached hydrogen (secondary N) is 1. The molecule has 3 aliphatic rings. The van der Waals surface area contributed by atoms with Crippen LogP contribution in [-0.2, 0) is 14.6 Å². The van der Waals surface area contributed by atoms with Gasteiger partial charge in [-0.2, -0.15) is 0 Å². The lowest BCUT2D eigenvalue weighted by molar-refractivity contribution is -0.116. The summed E-state index contributed by atoms with van der Waals surface area (Å²) in [6.07, 6.45) is 2.64. The molecular weight excluding hydrogens is 378 g/mol. The van der Waals surface area contributed by atoms with Gasteiger partial charge in [0, 0.05) is 34.3 Å². The number of hydrogen-bond acceptors (Lipinski definition) is 4. The second-order valence-electron chi connectivity index (χ2n) is 6.19. The van der Waals surface area contributed by atoms with Crippen molar-refractivity contribution in [3.05, 3.63) is 56.2 Å². The molecule has 0 radical (unpaired) electrons. The molecule has 120 valence electrons. The summed E-state index contributed by atoms with van der Waals surface area (Å²) < 4.78 is 26.1. The van der Waals surface area contributed by atoms with E-state index in [1.807, 2.05) is 24.3 Å². The van der Waals surface area contributed by atoms with Crippen molar-refractivity contribution in [3.8, 4) is 0 Å². The van der Waals surface area contributed by atoms with Crippen molar-refractivity contribution in [3.63, 3.8) is 0 Å². The number of ketones is 1. The third-order valence-corrected chi connectivity index (χ3v) is 7.19. The zero-order chi connectivity index (χ0) is 16.2. The molecule has 0 unspecified atom stereocenters. The number of hydrogen-bond donors (Lipinski definition) is 1. The van der Waals surface area contributed by atoms with Gasteiger partial charge in [0.25, 0.3) is 0 Å². The summed E-state index contributed by atoms with van der Waals surface area (Å²) in [4.78, 5) is 13.0. The summed E-state index contributed by atoms with van der Waals surface area (Å²) in [6.45, 7) is 0. The number of carbonyl (C=O) groups excluding carboxylic acids is 1. The Bertz CT molecular complexity index is 866. The van der Waals surface area contributed by atoms with E-state index in [1.54, 1.807) is 0 Å². The van der Waals surface area contributed by atoms with E-state index in [1.165, 1.54) is 0 Å². The van der Waals surface area contributed by atoms with Crippen molar-refractivity contribution in [1.82, 2.24) is 5.32 Å². The predicted octanol–water partition coefficient (Wildman–Crippen LogP) is 3.17. The van der Waals surface area contributed by atoms with Gasteiger partial charge in [0.15, 0.2) is 15.6 Å². The molecule has 0 saturated carbocycles. The molecule has 4 nitrogen and oxygen atoms in total. The Morgan fingerprint density at radius 1 is 1.04 bits per heavy atom. The fourth-order valence-corrected chi connectivity index (χ4v) is 5.85. The van der Waals surface area contributed by atoms with Gasteiger partial charge < -0.3 is 5.32 Å². The van der Waals surface area contributed by atoms with Crippen molar-refractivity contribution in [1.29, 1.82) is 0 Å². The molecule has 0 spiro atoms. The van der Waals surface area contributed by atoms with Crippen LogP contribution in [0.5, 0.6) is 0 Å². The van der Waals surface area contributed by atoms with E-state index in [0.29, 0.717) is 23.3 Å². The maximum atomic E-state index is 12.6. The molecule has 1 aromatic rings. The van der Waals surface area contributed by atoms with Gasteiger partial charge in [-0.15, -0.1) is 0 Å². The molecule has 2 heterocycles. The van der Waals surface area contributed by atoms with E-state index in [-0.39, 0.29) is 11.5 Å². The van der Waals surface area contributed by atoms with Crippen molar-refractivity contribution < 1.29 is 13.2 Å². The second-order valence-corrected chi connectivity index (χ2v) is 9.18. The minimum Gasteiger partial charge on any atom is -0.361 e. The fourth-order valence-electron chi connectivity index (χ4n) is 3.75. The van der Waals surface area contributed by atoms with Gasteiger partial charge in [0.2, 0.25) is 0 Å². The Balaban J connectivity index is 1.94. The van der Waals surface area contributed by atoms with E-state index in [0.717, 1.165) is 34.3 Å². The standard InChI is InChI=1S/C17H16BrNO3S/c18-11-6-4-10(5-7-11)15-16-12(2-1-3-14(16)20)19-13-8-9-23(21,22)17(13)15/h4-7,15,19H,1-3,8-9H2/t15-/m0/s1. The van der Waals surface area contributed by atoms with Crippen LogP contribution in [0.3, 0.4) is 0 Å². The molecule has 1 aliphatic carbocycles. The maximum absolute atomic E-state index is 12.6. The van der Waals surface area contributed by atoms with E-state index in [4.69, 9.17) is 0 Å². The largest absolute Gasteiger partial charge is 0.361 e. The highest BCUT2D eigenvalue weighted by Crippen LogP contribution is 2.47. The molecule has 1 N–H and O–H groups in total. The van der Waals surface area contributed by atoms with Gasteiger partial charge in [-0.1, -0.05) is 28.1 Å². The molecule has 6 heteroatoms. The maximum Gasteiger partial charge on any atom is 0.177 e. The Kier molecular flexibility index (Phi) is 3.50. The molecule has 1 aromatic carbocycles. The van der Waals surface area contributed by atoms with E-state index < -0.39 is 15.8 Å². The van der Waals surface area contributed by atoms with Gasteiger partial charge in [0.05, 0.1) is 16.6 Å². The van der Waals surface area contributed by atoms with E-state index in [9.17, 15) is 13.2 Å². The first-order valence-corrected chi connectivity index (χ1v) is 10.2. The van der Waals surface area contributed by atoms with Crippen molar-refractivity contribution >= 4 is 31.6 Å². The lowest BCUT2D eigenvalue weighted by Gasteiger charge is -2.33. The third-order valence-electron chi connectivity index (χ3n) is 4.77. The highest BCUT2D eigenvalue weighted by molar-refractivity contribution is 9.10. The van der Waals surface area contributed by atoms with Crippen LogP contribution >= 0.6 is 15.9 Å². The molecule has 0 saturated heterocycles. The van der Waals surface area contributed by atoms with Gasteiger partial charge in [-0.25, -0.2) is 8.42 Å². The van der Waals surface area contributed by atoms with Crippen molar-refractivity contribution in [2.45, 2.75) is 31.6 Å². The number of carbonyl (C=O) groups is 1. The van der Waals surface area contributed by atoms with E-state index >= 15 is 0 Å². The highest BCUT2D eigenvalue weighted by Gasteiger charge is 2.44. The van der Waals surface area contributed by atoms with E-state index in [2.05, 4.69) is 21.2 Å². The third kappa shape index (κ3) is 2.39. The van der Waals surface area contributed by atoms with Crippen LogP contribution in [0.2, 0.25) is 0 Å². The molecule has 1 atom stereocenters. The second kappa shape index (κ2) is 5.31. The number of Topliss-reactive ketones (excluding diaryl/α,β-unsaturated/α-hetero) is 1. The average molecular weight is 394 g/mol. The number of halogens is 1. The number of dihydropyridines is 1. The smallest absolute Gasteiger partial charge is 0.177 e. The van der Waals surface area contributed by atoms with Crippen LogP contribution in [0.4, 0.5) is 0 Å². The minimum absolute atomic E-state index is 0.0697. The highest BCUT2D eigenvalue weighted by atomic mass is 79.9. The Hall–Kier alpha value is -1.40. The summed E-state index contributed by atoms with van der Waals surface area (Å²) in [5.74, 6) is -0.248. The first-order valence-electron chi connectivity index (χ1n) is 7.72. The Morgan fingerprint density at radius 3 is 2.52 bits per heavy atom. The predicted molar refractivity (Wildman–Crippen MR) is 91.3 cm³/mol. The van der Waals surface area contributed by atoms with Gasteiger partial charge in [-0.3, -0.25) is 4.79 Å². The molecular formula is C17H16BrNO3S. The van der Waals surface area contributed by atoms with Crippen LogP contribution in [0.1, 0.15) is 37.2 Å². The van der Waals surface area contributed by atoms with Crippen molar-refractivity contribution in [2.24, 2.45) is 0 Å². The zero-order valence-corrected chi connectivity index (χ0v) is 14.8. The Labute approximate surface area is 143 Å². The first-order chi connectivity index (χ1) is 11.0. The SMILES string of the molecule is O=C1CCCC2=C1[C@H](c1ccc(Br)cc1)C1=C(CCS1(=O)=O)N2. The lowest BCUT2D eigenvalue weighted by Crippen LogP contribution is -2.32. The topological polar surface area (TPSA) is 63.2 Å². The summed E-state index contributed by atoms with van der Waals surface area (Å²) in [5.41, 5.74) is 3.23. The quantitative estimate of drug-likeness (QED) is 0.795. The van der Waals surface area contributed by atoms with Crippen LogP contribution in [-0.4, -0.2) is 20.0 Å². The summed E-state index contributed by atoms with van der Waals surface area (Å²) in [5, 5.41) is 3.26. The number of benzene rings is 1. The molecule has 0 amide bonds. The Morgan fingerprint density at radius 2 is 1.78 bits per heavy atom. The summed E-state index contributed by atoms with van der Waals surface area (Å²) in [7, 11) is -3.31. The molecule has 0 aromatic heterocycles. The van der Waals surface area contributed by atoms with Crippen LogP contribution in [0, 0.1) is 0 Å². The van der Waals surface area contributed by atoms with Crippen LogP contribution in [0.15, 0.2) is 50.6 Å². The molecule has 2 aliphatic heterocycles. The van der Waals surface area contributed by atoms with Crippen LogP contribution < -0.4 is 5.32 Å². The number of rotatable bonds is 1. The number of allylic oxidation sites excluding steroid dienone is 4. The molecule has 0 fully saturated rings. The van der Waals surface area contributed by atoms with Crippen LogP contribution in [0.25, 0.3) is 0 Å². The molecule has 0 bridgehead atoms. The van der Waals surface area contributed by atoms with Gasteiger partial charge in [0.1, 0.15) is 0 Å². The zero-order valence-electron chi connectivity index (χ0n) is 12.4. The normalized spacial score (nSPS) is 26.0. The first kappa shape index (κ1) is 15.1. The lowest BCUT2D eigenvalue weighted by atomic mass is 9.79. The molecule has 4 rings (SSSR count). The summed E-state index contributed by atoms with van der Waals surface area (Å²) >= 11 is 3.41. The molecule has 23 heavy (non-hydrogen) atoms.